The molecule has 1 aromatic carbocycles. The summed E-state index contributed by atoms with van der Waals surface area (Å²) in [5, 5.41) is 7.11. The van der Waals surface area contributed by atoms with Gasteiger partial charge in [0.05, 0.1) is 24.8 Å². The first-order valence-corrected chi connectivity index (χ1v) is 9.60. The molecule has 1 aliphatic heterocycles. The van der Waals surface area contributed by atoms with Crippen molar-refractivity contribution in [2.45, 2.75) is 45.6 Å². The third kappa shape index (κ3) is 4.16. The second kappa shape index (κ2) is 8.57. The second-order valence-electron chi connectivity index (χ2n) is 7.21. The largest absolute Gasteiger partial charge is 0.496 e. The minimum Gasteiger partial charge on any atom is -0.496 e. The van der Waals surface area contributed by atoms with Crippen LogP contribution in [0, 0.1) is 13.8 Å². The van der Waals surface area contributed by atoms with E-state index in [0.717, 1.165) is 35.7 Å². The van der Waals surface area contributed by atoms with Crippen LogP contribution in [0.1, 0.15) is 54.3 Å². The summed E-state index contributed by atoms with van der Waals surface area (Å²) in [6.45, 7) is 8.25. The number of nitrogens with one attached hydrogen (secondary N) is 1. The summed E-state index contributed by atoms with van der Waals surface area (Å²) in [5.41, 5.74) is 2.77. The van der Waals surface area contributed by atoms with Crippen molar-refractivity contribution in [1.82, 2.24) is 15.4 Å². The van der Waals surface area contributed by atoms with Gasteiger partial charge in [-0.2, -0.15) is 0 Å². The fourth-order valence-electron chi connectivity index (χ4n) is 4.02. The van der Waals surface area contributed by atoms with Crippen LogP contribution < -0.4 is 10.1 Å². The Kier molecular flexibility index (Phi) is 6.16. The predicted octanol–water partition coefficient (Wildman–Crippen LogP) is 3.36. The normalized spacial score (nSPS) is 16.9. The molecule has 1 aliphatic rings. The zero-order chi connectivity index (χ0) is 19.4. The smallest absolute Gasteiger partial charge is 0.227 e. The molecule has 146 valence electrons. The van der Waals surface area contributed by atoms with Gasteiger partial charge in [-0.25, -0.2) is 0 Å². The van der Waals surface area contributed by atoms with E-state index in [4.69, 9.17) is 9.26 Å². The molecule has 3 rings (SSSR count). The number of benzene rings is 1. The Morgan fingerprint density at radius 2 is 2.00 bits per heavy atom. The van der Waals surface area contributed by atoms with E-state index in [0.29, 0.717) is 12.3 Å². The lowest BCUT2D eigenvalue weighted by molar-refractivity contribution is -0.122. The van der Waals surface area contributed by atoms with Crippen molar-refractivity contribution in [3.05, 3.63) is 46.8 Å². The first kappa shape index (κ1) is 19.4. The number of amides is 1. The van der Waals surface area contributed by atoms with Crippen molar-refractivity contribution in [3.63, 3.8) is 0 Å². The molecule has 1 fully saturated rings. The number of carbonyl (C=O) groups is 1. The molecule has 2 unspecified atom stereocenters. The van der Waals surface area contributed by atoms with Gasteiger partial charge in [0.15, 0.2) is 0 Å². The van der Waals surface area contributed by atoms with Gasteiger partial charge in [0, 0.05) is 17.7 Å². The predicted molar refractivity (Wildman–Crippen MR) is 104 cm³/mol. The van der Waals surface area contributed by atoms with E-state index < -0.39 is 0 Å². The zero-order valence-electron chi connectivity index (χ0n) is 16.6. The summed E-state index contributed by atoms with van der Waals surface area (Å²) < 4.78 is 10.8. The van der Waals surface area contributed by atoms with E-state index in [1.807, 2.05) is 39.0 Å². The van der Waals surface area contributed by atoms with Gasteiger partial charge in [-0.15, -0.1) is 0 Å². The second-order valence-corrected chi connectivity index (χ2v) is 7.21. The van der Waals surface area contributed by atoms with Crippen LogP contribution in [0.15, 0.2) is 28.8 Å². The number of para-hydroxylation sites is 1. The summed E-state index contributed by atoms with van der Waals surface area (Å²) in [5.74, 6) is 1.26. The van der Waals surface area contributed by atoms with Crippen molar-refractivity contribution in [2.75, 3.05) is 26.7 Å². The lowest BCUT2D eigenvalue weighted by Gasteiger charge is -2.29. The van der Waals surface area contributed by atoms with E-state index in [-0.39, 0.29) is 17.9 Å². The summed E-state index contributed by atoms with van der Waals surface area (Å²) in [6, 6.07) is 8.17. The molecule has 0 radical (unpaired) electrons. The molecular formula is C21H29N3O3. The highest BCUT2D eigenvalue weighted by Gasteiger charge is 2.28. The SMILES string of the molecule is COc1ccccc1C(CNC(=O)C(C)c1c(C)noc1C)N1CCCC1. The van der Waals surface area contributed by atoms with E-state index >= 15 is 0 Å². The molecular weight excluding hydrogens is 342 g/mol. The number of nitrogens with zero attached hydrogens (tertiary/aromatic N) is 2. The van der Waals surface area contributed by atoms with E-state index in [2.05, 4.69) is 21.4 Å². The molecule has 27 heavy (non-hydrogen) atoms. The van der Waals surface area contributed by atoms with Gasteiger partial charge < -0.3 is 14.6 Å². The molecule has 2 heterocycles. The number of ether oxygens (including phenoxy) is 1. The molecule has 1 amide bonds. The van der Waals surface area contributed by atoms with Gasteiger partial charge in [-0.05, 0) is 52.8 Å². The fourth-order valence-corrected chi connectivity index (χ4v) is 4.02. The Morgan fingerprint density at radius 1 is 1.30 bits per heavy atom. The highest BCUT2D eigenvalue weighted by Crippen LogP contribution is 2.31. The zero-order valence-corrected chi connectivity index (χ0v) is 16.6. The van der Waals surface area contributed by atoms with Crippen molar-refractivity contribution < 1.29 is 14.1 Å². The Labute approximate surface area is 160 Å². The number of aryl methyl sites for hydroxylation is 2. The maximum absolute atomic E-state index is 12.8. The average molecular weight is 371 g/mol. The first-order valence-electron chi connectivity index (χ1n) is 9.60. The standard InChI is InChI=1S/C21H29N3O3/c1-14(20-15(2)23-27-16(20)3)21(25)22-13-18(24-11-7-8-12-24)17-9-5-6-10-19(17)26-4/h5-6,9-10,14,18H,7-8,11-13H2,1-4H3,(H,22,25). The van der Waals surface area contributed by atoms with Crippen LogP contribution in [0.2, 0.25) is 0 Å². The van der Waals surface area contributed by atoms with Crippen LogP contribution >= 0.6 is 0 Å². The topological polar surface area (TPSA) is 67.6 Å². The Balaban J connectivity index is 1.76. The number of likely N-dealkylation sites (tertiary alicyclic amines) is 1. The monoisotopic (exact) mass is 371 g/mol. The van der Waals surface area contributed by atoms with Crippen LogP contribution in [0.4, 0.5) is 0 Å². The van der Waals surface area contributed by atoms with Crippen molar-refractivity contribution in [1.29, 1.82) is 0 Å². The molecule has 2 aromatic rings. The quantitative estimate of drug-likeness (QED) is 0.808. The molecule has 0 aliphatic carbocycles. The summed E-state index contributed by atoms with van der Waals surface area (Å²) in [4.78, 5) is 15.2. The van der Waals surface area contributed by atoms with Gasteiger partial charge in [-0.3, -0.25) is 9.69 Å². The maximum atomic E-state index is 12.8. The molecule has 2 atom stereocenters. The van der Waals surface area contributed by atoms with E-state index in [1.165, 1.54) is 12.8 Å². The number of methoxy groups -OCH3 is 1. The molecule has 1 N–H and O–H groups in total. The summed E-state index contributed by atoms with van der Waals surface area (Å²) >= 11 is 0. The minimum atomic E-state index is -0.298. The van der Waals surface area contributed by atoms with Gasteiger partial charge in [0.2, 0.25) is 5.91 Å². The van der Waals surface area contributed by atoms with Gasteiger partial charge in [-0.1, -0.05) is 23.4 Å². The number of carbonyl (C=O) groups excluding carboxylic acids is 1. The molecule has 1 saturated heterocycles. The van der Waals surface area contributed by atoms with Crippen molar-refractivity contribution >= 4 is 5.91 Å². The van der Waals surface area contributed by atoms with Crippen LogP contribution in [-0.4, -0.2) is 42.7 Å². The van der Waals surface area contributed by atoms with E-state index in [1.54, 1.807) is 7.11 Å². The lowest BCUT2D eigenvalue weighted by atomic mass is 9.98. The van der Waals surface area contributed by atoms with Crippen LogP contribution in [-0.2, 0) is 4.79 Å². The number of hydrogen-bond donors (Lipinski definition) is 1. The Morgan fingerprint density at radius 3 is 2.63 bits per heavy atom. The molecule has 6 heteroatoms. The Bertz CT molecular complexity index is 761. The highest BCUT2D eigenvalue weighted by atomic mass is 16.5. The molecule has 1 aromatic heterocycles. The Hall–Kier alpha value is -2.34. The summed E-state index contributed by atoms with van der Waals surface area (Å²) in [6.07, 6.45) is 2.38. The molecule has 0 saturated carbocycles. The van der Waals surface area contributed by atoms with Crippen LogP contribution in [0.5, 0.6) is 5.75 Å². The lowest BCUT2D eigenvalue weighted by Crippen LogP contribution is -2.38. The third-order valence-electron chi connectivity index (χ3n) is 5.46. The fraction of sp³-hybridized carbons (Fsp3) is 0.524. The highest BCUT2D eigenvalue weighted by molar-refractivity contribution is 5.83. The van der Waals surface area contributed by atoms with Gasteiger partial charge in [0.25, 0.3) is 0 Å². The minimum absolute atomic E-state index is 0.0107. The van der Waals surface area contributed by atoms with Gasteiger partial charge in [0.1, 0.15) is 11.5 Å². The van der Waals surface area contributed by atoms with Gasteiger partial charge >= 0.3 is 0 Å². The number of rotatable bonds is 7. The average Bonchev–Trinajstić information content (AvgIpc) is 3.32. The summed E-state index contributed by atoms with van der Waals surface area (Å²) in [7, 11) is 1.69. The third-order valence-corrected chi connectivity index (χ3v) is 5.46. The number of aromatic nitrogens is 1. The van der Waals surface area contributed by atoms with Crippen LogP contribution in [0.25, 0.3) is 0 Å². The molecule has 6 nitrogen and oxygen atoms in total. The molecule has 0 bridgehead atoms. The van der Waals surface area contributed by atoms with E-state index in [9.17, 15) is 4.79 Å². The van der Waals surface area contributed by atoms with Crippen molar-refractivity contribution in [3.8, 4) is 5.75 Å². The van der Waals surface area contributed by atoms with Crippen LogP contribution in [0.3, 0.4) is 0 Å². The first-order chi connectivity index (χ1) is 13.0. The van der Waals surface area contributed by atoms with Crippen molar-refractivity contribution in [2.24, 2.45) is 0 Å². The number of hydrogen-bond acceptors (Lipinski definition) is 5. The molecule has 0 spiro atoms. The maximum Gasteiger partial charge on any atom is 0.227 e.